The molecule has 0 saturated carbocycles. The zero-order chi connectivity index (χ0) is 13.2. The molecule has 0 fully saturated rings. The molecule has 0 amide bonds. The van der Waals surface area contributed by atoms with E-state index in [4.69, 9.17) is 11.6 Å². The number of anilines is 1. The molecule has 0 saturated heterocycles. The summed E-state index contributed by atoms with van der Waals surface area (Å²) in [5.41, 5.74) is 0.296. The molecule has 0 unspecified atom stereocenters. The summed E-state index contributed by atoms with van der Waals surface area (Å²) in [7, 11) is -3.67. The van der Waals surface area contributed by atoms with Crippen LogP contribution >= 0.6 is 11.6 Å². The van der Waals surface area contributed by atoms with E-state index < -0.39 is 10.0 Å². The van der Waals surface area contributed by atoms with Crippen molar-refractivity contribution in [2.24, 2.45) is 0 Å². The Morgan fingerprint density at radius 3 is 2.33 bits per heavy atom. The summed E-state index contributed by atoms with van der Waals surface area (Å²) < 4.78 is 26.3. The lowest BCUT2D eigenvalue weighted by atomic mass is 10.3. The van der Waals surface area contributed by atoms with Gasteiger partial charge in [-0.3, -0.25) is 4.72 Å². The first-order valence-electron chi connectivity index (χ1n) is 5.05. The summed E-state index contributed by atoms with van der Waals surface area (Å²) in [6.07, 6.45) is 0. The molecule has 0 heterocycles. The Labute approximate surface area is 110 Å². The van der Waals surface area contributed by atoms with Gasteiger partial charge in [-0.05, 0) is 36.4 Å². The van der Waals surface area contributed by atoms with Crippen LogP contribution in [0.15, 0.2) is 53.4 Å². The Bertz CT molecular complexity index is 653. The first-order valence-corrected chi connectivity index (χ1v) is 6.91. The average molecular weight is 284 g/mol. The quantitative estimate of drug-likeness (QED) is 0.910. The molecule has 0 aromatic heterocycles. The standard InChI is InChI=1S/C12H10ClNO3S/c13-9-4-6-12(7-5-9)18(16,17)14-10-2-1-3-11(15)8-10/h1-8,14-15H. The number of hydrogen-bond donors (Lipinski definition) is 2. The number of sulfonamides is 1. The van der Waals surface area contributed by atoms with Crippen LogP contribution in [0.2, 0.25) is 5.02 Å². The summed E-state index contributed by atoms with van der Waals surface area (Å²) >= 11 is 5.69. The van der Waals surface area contributed by atoms with E-state index in [0.29, 0.717) is 10.7 Å². The smallest absolute Gasteiger partial charge is 0.261 e. The highest BCUT2D eigenvalue weighted by Gasteiger charge is 2.13. The van der Waals surface area contributed by atoms with E-state index in [0.717, 1.165) is 0 Å². The first kappa shape index (κ1) is 12.7. The molecule has 0 aliphatic heterocycles. The molecule has 0 spiro atoms. The molecule has 94 valence electrons. The highest BCUT2D eigenvalue weighted by atomic mass is 35.5. The molecule has 0 radical (unpaired) electrons. The number of nitrogens with one attached hydrogen (secondary N) is 1. The summed E-state index contributed by atoms with van der Waals surface area (Å²) in [6.45, 7) is 0. The van der Waals surface area contributed by atoms with Crippen LogP contribution in [0.25, 0.3) is 0 Å². The number of rotatable bonds is 3. The fourth-order valence-corrected chi connectivity index (χ4v) is 2.57. The highest BCUT2D eigenvalue weighted by Crippen LogP contribution is 2.20. The molecule has 6 heteroatoms. The Kier molecular flexibility index (Phi) is 3.45. The van der Waals surface area contributed by atoms with E-state index in [1.807, 2.05) is 0 Å². The molecule has 2 aromatic carbocycles. The van der Waals surface area contributed by atoms with Crippen LogP contribution in [-0.4, -0.2) is 13.5 Å². The van der Waals surface area contributed by atoms with Crippen LogP contribution < -0.4 is 4.72 Å². The van der Waals surface area contributed by atoms with Crippen molar-refractivity contribution in [3.05, 3.63) is 53.6 Å². The minimum atomic E-state index is -3.67. The van der Waals surface area contributed by atoms with Crippen molar-refractivity contribution in [2.75, 3.05) is 4.72 Å². The van der Waals surface area contributed by atoms with Gasteiger partial charge in [0.05, 0.1) is 10.6 Å². The number of aromatic hydroxyl groups is 1. The third kappa shape index (κ3) is 2.94. The van der Waals surface area contributed by atoms with Crippen molar-refractivity contribution in [1.82, 2.24) is 0 Å². The maximum absolute atomic E-state index is 12.0. The number of phenols is 1. The van der Waals surface area contributed by atoms with Crippen LogP contribution in [0.5, 0.6) is 5.75 Å². The van der Waals surface area contributed by atoms with Crippen molar-refractivity contribution < 1.29 is 13.5 Å². The van der Waals surface area contributed by atoms with Gasteiger partial charge in [0.25, 0.3) is 10.0 Å². The van der Waals surface area contributed by atoms with E-state index >= 15 is 0 Å². The Hall–Kier alpha value is -1.72. The van der Waals surface area contributed by atoms with Crippen LogP contribution in [0.3, 0.4) is 0 Å². The van der Waals surface area contributed by atoms with Gasteiger partial charge in [0.15, 0.2) is 0 Å². The lowest BCUT2D eigenvalue weighted by Crippen LogP contribution is -2.12. The average Bonchev–Trinajstić information content (AvgIpc) is 2.29. The van der Waals surface area contributed by atoms with Gasteiger partial charge >= 0.3 is 0 Å². The SMILES string of the molecule is O=S(=O)(Nc1cccc(O)c1)c1ccc(Cl)cc1. The summed E-state index contributed by atoms with van der Waals surface area (Å²) in [5.74, 6) is -0.00805. The lowest BCUT2D eigenvalue weighted by molar-refractivity contribution is 0.475. The van der Waals surface area contributed by atoms with Gasteiger partial charge in [0.1, 0.15) is 5.75 Å². The number of benzene rings is 2. The van der Waals surface area contributed by atoms with E-state index in [1.165, 1.54) is 36.4 Å². The minimum Gasteiger partial charge on any atom is -0.508 e. The molecule has 0 bridgehead atoms. The second-order valence-electron chi connectivity index (χ2n) is 3.61. The van der Waals surface area contributed by atoms with Gasteiger partial charge < -0.3 is 5.11 Å². The minimum absolute atomic E-state index is 0.00805. The van der Waals surface area contributed by atoms with Crippen LogP contribution in [-0.2, 0) is 10.0 Å². The highest BCUT2D eigenvalue weighted by molar-refractivity contribution is 7.92. The van der Waals surface area contributed by atoms with Gasteiger partial charge in [-0.15, -0.1) is 0 Å². The molecule has 2 rings (SSSR count). The predicted octanol–water partition coefficient (Wildman–Crippen LogP) is 2.85. The number of phenolic OH excluding ortho intramolecular Hbond substituents is 1. The molecule has 4 nitrogen and oxygen atoms in total. The molecular formula is C12H10ClNO3S. The zero-order valence-electron chi connectivity index (χ0n) is 9.17. The Morgan fingerprint density at radius 2 is 1.72 bits per heavy atom. The Balaban J connectivity index is 2.30. The molecule has 2 N–H and O–H groups in total. The van der Waals surface area contributed by atoms with Crippen LogP contribution in [0.4, 0.5) is 5.69 Å². The van der Waals surface area contributed by atoms with Crippen LogP contribution in [0.1, 0.15) is 0 Å². The van der Waals surface area contributed by atoms with Crippen molar-refractivity contribution in [2.45, 2.75) is 4.90 Å². The van der Waals surface area contributed by atoms with Gasteiger partial charge in [0.2, 0.25) is 0 Å². The van der Waals surface area contributed by atoms with Crippen LogP contribution in [0, 0.1) is 0 Å². The second-order valence-corrected chi connectivity index (χ2v) is 5.73. The lowest BCUT2D eigenvalue weighted by Gasteiger charge is -2.08. The van der Waals surface area contributed by atoms with Gasteiger partial charge in [-0.25, -0.2) is 8.42 Å². The topological polar surface area (TPSA) is 66.4 Å². The molecule has 0 aliphatic rings. The van der Waals surface area contributed by atoms with E-state index in [9.17, 15) is 13.5 Å². The molecule has 2 aromatic rings. The van der Waals surface area contributed by atoms with Gasteiger partial charge in [-0.1, -0.05) is 17.7 Å². The number of halogens is 1. The summed E-state index contributed by atoms with van der Waals surface area (Å²) in [4.78, 5) is 0.107. The summed E-state index contributed by atoms with van der Waals surface area (Å²) in [5, 5.41) is 9.73. The molecule has 18 heavy (non-hydrogen) atoms. The van der Waals surface area contributed by atoms with E-state index in [-0.39, 0.29) is 10.6 Å². The van der Waals surface area contributed by atoms with Gasteiger partial charge in [-0.2, -0.15) is 0 Å². The molecular weight excluding hydrogens is 274 g/mol. The fraction of sp³-hybridized carbons (Fsp3) is 0. The van der Waals surface area contributed by atoms with Crippen molar-refractivity contribution in [3.63, 3.8) is 0 Å². The molecule has 0 aliphatic carbocycles. The predicted molar refractivity (Wildman–Crippen MR) is 70.4 cm³/mol. The normalized spacial score (nSPS) is 11.2. The summed E-state index contributed by atoms with van der Waals surface area (Å²) in [6, 6.07) is 11.7. The fourth-order valence-electron chi connectivity index (χ4n) is 1.40. The largest absolute Gasteiger partial charge is 0.508 e. The van der Waals surface area contributed by atoms with E-state index in [2.05, 4.69) is 4.72 Å². The van der Waals surface area contributed by atoms with Crippen molar-refractivity contribution in [1.29, 1.82) is 0 Å². The molecule has 0 atom stereocenters. The van der Waals surface area contributed by atoms with E-state index in [1.54, 1.807) is 12.1 Å². The monoisotopic (exact) mass is 283 g/mol. The second kappa shape index (κ2) is 4.88. The third-order valence-corrected chi connectivity index (χ3v) is 3.87. The van der Waals surface area contributed by atoms with Gasteiger partial charge in [0, 0.05) is 11.1 Å². The third-order valence-electron chi connectivity index (χ3n) is 2.22. The van der Waals surface area contributed by atoms with Crippen molar-refractivity contribution >= 4 is 27.3 Å². The zero-order valence-corrected chi connectivity index (χ0v) is 10.7. The van der Waals surface area contributed by atoms with Crippen molar-refractivity contribution in [3.8, 4) is 5.75 Å². The maximum atomic E-state index is 12.0. The number of hydrogen-bond acceptors (Lipinski definition) is 3. The Morgan fingerprint density at radius 1 is 1.06 bits per heavy atom. The maximum Gasteiger partial charge on any atom is 0.261 e. The first-order chi connectivity index (χ1) is 8.47.